The number of rotatable bonds is 7. The molecule has 0 saturated heterocycles. The summed E-state index contributed by atoms with van der Waals surface area (Å²) in [6, 6.07) is 43.5. The number of fused-ring (bicyclic) bond motifs is 2. The van der Waals surface area contributed by atoms with E-state index < -0.39 is 0 Å². The molecule has 0 spiro atoms. The molecule has 6 rings (SSSR count). The van der Waals surface area contributed by atoms with E-state index in [1.807, 2.05) is 0 Å². The molecule has 0 unspecified atom stereocenters. The van der Waals surface area contributed by atoms with Gasteiger partial charge in [-0.25, -0.2) is 0 Å². The molecule has 0 radical (unpaired) electrons. The van der Waals surface area contributed by atoms with E-state index in [2.05, 4.69) is 146 Å². The molecule has 38 heavy (non-hydrogen) atoms. The zero-order valence-electron chi connectivity index (χ0n) is 22.0. The van der Waals surface area contributed by atoms with Crippen LogP contribution in [-0.2, 0) is 13.1 Å². The molecule has 2 heteroatoms. The van der Waals surface area contributed by atoms with Gasteiger partial charge in [0.1, 0.15) is 0 Å². The average Bonchev–Trinajstić information content (AvgIpc) is 2.96. The minimum atomic E-state index is 0.773. The minimum Gasteiger partial charge on any atom is -0.380 e. The number of hydrogen-bond acceptors (Lipinski definition) is 2. The predicted octanol–water partition coefficient (Wildman–Crippen LogP) is 9.50. The highest BCUT2D eigenvalue weighted by molar-refractivity contribution is 6.13. The van der Waals surface area contributed by atoms with Crippen molar-refractivity contribution in [3.63, 3.8) is 0 Å². The van der Waals surface area contributed by atoms with Gasteiger partial charge in [0, 0.05) is 35.6 Å². The molecule has 0 aliphatic heterocycles. The number of benzene rings is 6. The van der Waals surface area contributed by atoms with Crippen molar-refractivity contribution in [2.45, 2.75) is 26.9 Å². The Labute approximate surface area is 225 Å². The summed E-state index contributed by atoms with van der Waals surface area (Å²) in [5, 5.41) is 12.6. The van der Waals surface area contributed by atoms with Crippen LogP contribution in [0.15, 0.2) is 121 Å². The Morgan fingerprint density at radius 2 is 0.816 bits per heavy atom. The molecule has 0 aliphatic rings. The van der Waals surface area contributed by atoms with Gasteiger partial charge >= 0.3 is 0 Å². The van der Waals surface area contributed by atoms with Crippen LogP contribution in [0.25, 0.3) is 32.7 Å². The van der Waals surface area contributed by atoms with Gasteiger partial charge in [0.2, 0.25) is 0 Å². The summed E-state index contributed by atoms with van der Waals surface area (Å²) < 4.78 is 0. The lowest BCUT2D eigenvalue weighted by Gasteiger charge is -2.21. The normalized spacial score (nSPS) is 11.1. The Hall–Kier alpha value is -4.56. The third kappa shape index (κ3) is 4.62. The molecule has 0 saturated carbocycles. The zero-order valence-corrected chi connectivity index (χ0v) is 22.0. The van der Waals surface area contributed by atoms with Crippen LogP contribution in [-0.4, -0.2) is 0 Å². The summed E-state index contributed by atoms with van der Waals surface area (Å²) in [7, 11) is 0. The monoisotopic (exact) mass is 492 g/mol. The summed E-state index contributed by atoms with van der Waals surface area (Å²) >= 11 is 0. The summed E-state index contributed by atoms with van der Waals surface area (Å²) in [5.41, 5.74) is 9.97. The molecule has 0 fully saturated rings. The maximum atomic E-state index is 3.81. The Morgan fingerprint density at radius 1 is 0.421 bits per heavy atom. The maximum absolute atomic E-state index is 3.81. The van der Waals surface area contributed by atoms with E-state index in [9.17, 15) is 0 Å². The quantitative estimate of drug-likeness (QED) is 0.232. The molecule has 0 bridgehead atoms. The van der Waals surface area contributed by atoms with Crippen LogP contribution in [0.4, 0.5) is 11.4 Å². The summed E-state index contributed by atoms with van der Waals surface area (Å²) in [6.45, 7) is 5.90. The highest BCUT2D eigenvalue weighted by Crippen LogP contribution is 2.44. The summed E-state index contributed by atoms with van der Waals surface area (Å²) in [6.07, 6.45) is 0. The van der Waals surface area contributed by atoms with E-state index in [4.69, 9.17) is 0 Å². The van der Waals surface area contributed by atoms with Crippen molar-refractivity contribution in [1.82, 2.24) is 0 Å². The van der Waals surface area contributed by atoms with Crippen molar-refractivity contribution in [1.29, 1.82) is 0 Å². The van der Waals surface area contributed by atoms with Gasteiger partial charge in [-0.1, -0.05) is 109 Å². The standard InChI is InChI=1S/C36H32N2/c1-25-11-3-5-15-29(25)23-37-33-21-19-27-13-7-9-17-31(27)35(33)36-32-18-10-8-14-28(32)20-22-34(36)38-24-30-16-6-4-12-26(30)2/h3-22,37-38H,23-24H2,1-2H3. The van der Waals surface area contributed by atoms with Crippen LogP contribution in [0.5, 0.6) is 0 Å². The molecule has 0 heterocycles. The Balaban J connectivity index is 1.53. The molecule has 2 nitrogen and oxygen atoms in total. The smallest absolute Gasteiger partial charge is 0.0430 e. The predicted molar refractivity (Wildman–Crippen MR) is 164 cm³/mol. The molecular weight excluding hydrogens is 460 g/mol. The first-order chi connectivity index (χ1) is 18.7. The lowest BCUT2D eigenvalue weighted by molar-refractivity contribution is 1.12. The molecule has 0 atom stereocenters. The van der Waals surface area contributed by atoms with E-state index in [0.717, 1.165) is 24.5 Å². The first-order valence-corrected chi connectivity index (χ1v) is 13.3. The first-order valence-electron chi connectivity index (χ1n) is 13.3. The van der Waals surface area contributed by atoms with Crippen molar-refractivity contribution in [3.8, 4) is 11.1 Å². The van der Waals surface area contributed by atoms with Gasteiger partial charge in [0.05, 0.1) is 0 Å². The molecule has 0 aliphatic carbocycles. The third-order valence-corrected chi connectivity index (χ3v) is 7.57. The Kier molecular flexibility index (Phi) is 6.54. The lowest BCUT2D eigenvalue weighted by atomic mass is 9.90. The number of nitrogens with one attached hydrogen (secondary N) is 2. The van der Waals surface area contributed by atoms with Crippen LogP contribution >= 0.6 is 0 Å². The first kappa shape index (κ1) is 23.8. The summed E-state index contributed by atoms with van der Waals surface area (Å²) in [5.74, 6) is 0. The zero-order chi connectivity index (χ0) is 25.9. The van der Waals surface area contributed by atoms with Crippen molar-refractivity contribution in [2.75, 3.05) is 10.6 Å². The van der Waals surface area contributed by atoms with Gasteiger partial charge in [-0.15, -0.1) is 0 Å². The van der Waals surface area contributed by atoms with Crippen LogP contribution < -0.4 is 10.6 Å². The molecule has 0 aromatic heterocycles. The fourth-order valence-electron chi connectivity index (χ4n) is 5.37. The van der Waals surface area contributed by atoms with Crippen LogP contribution in [0.3, 0.4) is 0 Å². The van der Waals surface area contributed by atoms with E-state index in [0.29, 0.717) is 0 Å². The maximum Gasteiger partial charge on any atom is 0.0430 e. The van der Waals surface area contributed by atoms with Crippen LogP contribution in [0.2, 0.25) is 0 Å². The van der Waals surface area contributed by atoms with Gasteiger partial charge in [0.15, 0.2) is 0 Å². The van der Waals surface area contributed by atoms with Crippen LogP contribution in [0.1, 0.15) is 22.3 Å². The molecule has 6 aromatic rings. The second-order valence-corrected chi connectivity index (χ2v) is 9.98. The molecule has 2 N–H and O–H groups in total. The largest absolute Gasteiger partial charge is 0.380 e. The highest BCUT2D eigenvalue weighted by atomic mass is 14.9. The van der Waals surface area contributed by atoms with E-state index in [1.165, 1.54) is 54.9 Å². The second kappa shape index (κ2) is 10.4. The van der Waals surface area contributed by atoms with Gasteiger partial charge in [0.25, 0.3) is 0 Å². The molecular formula is C36H32N2. The van der Waals surface area contributed by atoms with Crippen molar-refractivity contribution in [2.24, 2.45) is 0 Å². The Bertz CT molecular complexity index is 1620. The summed E-state index contributed by atoms with van der Waals surface area (Å²) in [4.78, 5) is 0. The second-order valence-electron chi connectivity index (χ2n) is 9.98. The highest BCUT2D eigenvalue weighted by Gasteiger charge is 2.17. The SMILES string of the molecule is Cc1ccccc1CNc1ccc2ccccc2c1-c1c(NCc2ccccc2C)ccc2ccccc12. The van der Waals surface area contributed by atoms with Crippen molar-refractivity contribution < 1.29 is 0 Å². The van der Waals surface area contributed by atoms with Gasteiger partial charge in [-0.2, -0.15) is 0 Å². The average molecular weight is 493 g/mol. The lowest BCUT2D eigenvalue weighted by Crippen LogP contribution is -2.06. The van der Waals surface area contributed by atoms with Crippen molar-refractivity contribution >= 4 is 32.9 Å². The molecule has 186 valence electrons. The van der Waals surface area contributed by atoms with Crippen LogP contribution in [0, 0.1) is 13.8 Å². The van der Waals surface area contributed by atoms with Gasteiger partial charge in [-0.3, -0.25) is 0 Å². The number of hydrogen-bond donors (Lipinski definition) is 2. The third-order valence-electron chi connectivity index (χ3n) is 7.57. The molecule has 6 aromatic carbocycles. The van der Waals surface area contributed by atoms with E-state index in [-0.39, 0.29) is 0 Å². The van der Waals surface area contributed by atoms with Crippen molar-refractivity contribution in [3.05, 3.63) is 144 Å². The fraction of sp³-hybridized carbons (Fsp3) is 0.111. The number of anilines is 2. The van der Waals surface area contributed by atoms with E-state index >= 15 is 0 Å². The Morgan fingerprint density at radius 3 is 1.26 bits per heavy atom. The van der Waals surface area contributed by atoms with Gasteiger partial charge in [-0.05, 0) is 69.8 Å². The topological polar surface area (TPSA) is 24.1 Å². The van der Waals surface area contributed by atoms with E-state index in [1.54, 1.807) is 0 Å². The minimum absolute atomic E-state index is 0.773. The molecule has 0 amide bonds. The van der Waals surface area contributed by atoms with Gasteiger partial charge < -0.3 is 10.6 Å². The number of aryl methyl sites for hydroxylation is 2. The fourth-order valence-corrected chi connectivity index (χ4v) is 5.37.